The van der Waals surface area contributed by atoms with E-state index in [9.17, 15) is 4.79 Å². The van der Waals surface area contributed by atoms with Crippen molar-refractivity contribution in [3.05, 3.63) is 17.9 Å². The molecule has 0 bridgehead atoms. The summed E-state index contributed by atoms with van der Waals surface area (Å²) in [7, 11) is 1.60. The maximum Gasteiger partial charge on any atom is 0.248 e. The third-order valence-corrected chi connectivity index (χ3v) is 2.18. The van der Waals surface area contributed by atoms with Crippen LogP contribution >= 0.6 is 0 Å². The third-order valence-electron chi connectivity index (χ3n) is 2.18. The number of hydrogen-bond acceptors (Lipinski definition) is 3. The molecule has 0 unspecified atom stereocenters. The zero-order valence-corrected chi connectivity index (χ0v) is 9.37. The highest BCUT2D eigenvalue weighted by molar-refractivity contribution is 5.97. The standard InChI is InChI=1S/C11H14N2O2/c1-8-5-6-9(15-8)13(4)10(14)11(2,3)7-12/h5-6H,1-4H3. The fourth-order valence-electron chi connectivity index (χ4n) is 1.17. The highest BCUT2D eigenvalue weighted by Gasteiger charge is 2.31. The summed E-state index contributed by atoms with van der Waals surface area (Å²) in [5.74, 6) is 0.916. The van der Waals surface area contributed by atoms with Gasteiger partial charge in [0, 0.05) is 13.1 Å². The van der Waals surface area contributed by atoms with Crippen LogP contribution in [-0.2, 0) is 4.79 Å². The summed E-state index contributed by atoms with van der Waals surface area (Å²) in [6, 6.07) is 5.45. The number of carbonyl (C=O) groups excluding carboxylic acids is 1. The van der Waals surface area contributed by atoms with E-state index in [1.807, 2.05) is 6.07 Å². The number of nitriles is 1. The van der Waals surface area contributed by atoms with Crippen LogP contribution in [0.1, 0.15) is 19.6 Å². The minimum Gasteiger partial charge on any atom is -0.445 e. The zero-order valence-electron chi connectivity index (χ0n) is 9.37. The molecule has 1 aromatic heterocycles. The first-order chi connectivity index (χ1) is 6.88. The molecular weight excluding hydrogens is 192 g/mol. The van der Waals surface area contributed by atoms with Crippen molar-refractivity contribution in [2.24, 2.45) is 5.41 Å². The predicted octanol–water partition coefficient (Wildman–Crippen LogP) is 2.10. The van der Waals surface area contributed by atoms with E-state index in [1.54, 1.807) is 40.0 Å². The van der Waals surface area contributed by atoms with Gasteiger partial charge in [-0.05, 0) is 26.8 Å². The zero-order chi connectivity index (χ0) is 11.6. The van der Waals surface area contributed by atoms with Crippen LogP contribution < -0.4 is 4.90 Å². The summed E-state index contributed by atoms with van der Waals surface area (Å²) in [6.07, 6.45) is 0. The highest BCUT2D eigenvalue weighted by atomic mass is 16.4. The van der Waals surface area contributed by atoms with Gasteiger partial charge in [-0.15, -0.1) is 0 Å². The molecule has 0 aliphatic carbocycles. The van der Waals surface area contributed by atoms with Gasteiger partial charge in [-0.3, -0.25) is 9.69 Å². The number of aryl methyl sites for hydroxylation is 1. The molecule has 4 nitrogen and oxygen atoms in total. The van der Waals surface area contributed by atoms with Crippen molar-refractivity contribution in [3.8, 4) is 6.07 Å². The van der Waals surface area contributed by atoms with Crippen LogP contribution in [0, 0.1) is 23.7 Å². The first kappa shape index (κ1) is 11.3. The van der Waals surface area contributed by atoms with E-state index in [1.165, 1.54) is 4.90 Å². The van der Waals surface area contributed by atoms with E-state index in [-0.39, 0.29) is 5.91 Å². The van der Waals surface area contributed by atoms with Crippen LogP contribution in [0.15, 0.2) is 16.5 Å². The van der Waals surface area contributed by atoms with E-state index in [0.29, 0.717) is 5.88 Å². The van der Waals surface area contributed by atoms with Crippen LogP contribution in [0.3, 0.4) is 0 Å². The summed E-state index contributed by atoms with van der Waals surface area (Å²) in [4.78, 5) is 13.2. The molecule has 0 N–H and O–H groups in total. The summed E-state index contributed by atoms with van der Waals surface area (Å²) < 4.78 is 5.30. The van der Waals surface area contributed by atoms with Gasteiger partial charge >= 0.3 is 0 Å². The van der Waals surface area contributed by atoms with Crippen LogP contribution in [0.25, 0.3) is 0 Å². The van der Waals surface area contributed by atoms with Crippen molar-refractivity contribution in [1.82, 2.24) is 0 Å². The number of anilines is 1. The Labute approximate surface area is 89.1 Å². The number of rotatable bonds is 2. The maximum absolute atomic E-state index is 11.8. The van der Waals surface area contributed by atoms with Crippen LogP contribution in [-0.4, -0.2) is 13.0 Å². The monoisotopic (exact) mass is 206 g/mol. The van der Waals surface area contributed by atoms with Gasteiger partial charge in [-0.2, -0.15) is 5.26 Å². The van der Waals surface area contributed by atoms with Gasteiger partial charge in [0.2, 0.25) is 11.8 Å². The lowest BCUT2D eigenvalue weighted by molar-refractivity contribution is -0.124. The van der Waals surface area contributed by atoms with Crippen molar-refractivity contribution >= 4 is 11.8 Å². The molecule has 80 valence electrons. The molecule has 0 fully saturated rings. The fraction of sp³-hybridized carbons (Fsp3) is 0.455. The number of hydrogen-bond donors (Lipinski definition) is 0. The average molecular weight is 206 g/mol. The van der Waals surface area contributed by atoms with E-state index in [4.69, 9.17) is 9.68 Å². The smallest absolute Gasteiger partial charge is 0.248 e. The Kier molecular flexibility index (Phi) is 2.85. The first-order valence-corrected chi connectivity index (χ1v) is 4.64. The Morgan fingerprint density at radius 1 is 1.53 bits per heavy atom. The van der Waals surface area contributed by atoms with Crippen LogP contribution in [0.5, 0.6) is 0 Å². The van der Waals surface area contributed by atoms with Crippen molar-refractivity contribution in [3.63, 3.8) is 0 Å². The molecule has 1 heterocycles. The van der Waals surface area contributed by atoms with Crippen molar-refractivity contribution in [1.29, 1.82) is 5.26 Å². The van der Waals surface area contributed by atoms with E-state index >= 15 is 0 Å². The van der Waals surface area contributed by atoms with E-state index in [2.05, 4.69) is 0 Å². The second-order valence-electron chi connectivity index (χ2n) is 3.99. The normalized spacial score (nSPS) is 10.9. The summed E-state index contributed by atoms with van der Waals surface area (Å²) in [6.45, 7) is 4.97. The van der Waals surface area contributed by atoms with E-state index < -0.39 is 5.41 Å². The quantitative estimate of drug-likeness (QED) is 0.744. The molecule has 4 heteroatoms. The molecule has 1 aromatic rings. The Bertz CT molecular complexity index is 412. The molecule has 15 heavy (non-hydrogen) atoms. The summed E-state index contributed by atoms with van der Waals surface area (Å²) in [5.41, 5.74) is -1.03. The van der Waals surface area contributed by atoms with Gasteiger partial charge in [-0.25, -0.2) is 0 Å². The Morgan fingerprint density at radius 3 is 2.53 bits per heavy atom. The lowest BCUT2D eigenvalue weighted by Crippen LogP contribution is -2.37. The van der Waals surface area contributed by atoms with Gasteiger partial charge in [0.25, 0.3) is 0 Å². The average Bonchev–Trinajstić information content (AvgIpc) is 2.62. The molecule has 0 saturated carbocycles. The molecule has 0 radical (unpaired) electrons. The Hall–Kier alpha value is -1.76. The Morgan fingerprint density at radius 2 is 2.13 bits per heavy atom. The lowest BCUT2D eigenvalue weighted by Gasteiger charge is -2.21. The van der Waals surface area contributed by atoms with Crippen molar-refractivity contribution in [2.45, 2.75) is 20.8 Å². The first-order valence-electron chi connectivity index (χ1n) is 4.64. The van der Waals surface area contributed by atoms with Crippen molar-refractivity contribution < 1.29 is 9.21 Å². The van der Waals surface area contributed by atoms with Gasteiger partial charge in [0.1, 0.15) is 11.2 Å². The number of carbonyl (C=O) groups is 1. The second-order valence-corrected chi connectivity index (χ2v) is 3.99. The fourth-order valence-corrected chi connectivity index (χ4v) is 1.17. The minimum absolute atomic E-state index is 0.278. The molecule has 0 saturated heterocycles. The van der Waals surface area contributed by atoms with Crippen LogP contribution in [0.4, 0.5) is 5.88 Å². The molecule has 0 spiro atoms. The second kappa shape index (κ2) is 3.77. The maximum atomic E-state index is 11.8. The minimum atomic E-state index is -1.03. The third kappa shape index (κ3) is 2.18. The largest absolute Gasteiger partial charge is 0.445 e. The van der Waals surface area contributed by atoms with Gasteiger partial charge in [-0.1, -0.05) is 0 Å². The Balaban J connectivity index is 2.92. The molecular formula is C11H14N2O2. The molecule has 0 aliphatic rings. The highest BCUT2D eigenvalue weighted by Crippen LogP contribution is 2.23. The predicted molar refractivity (Wildman–Crippen MR) is 56.2 cm³/mol. The summed E-state index contributed by atoms with van der Waals surface area (Å²) in [5, 5.41) is 8.84. The lowest BCUT2D eigenvalue weighted by atomic mass is 9.94. The van der Waals surface area contributed by atoms with Gasteiger partial charge in [0.15, 0.2) is 0 Å². The number of amides is 1. The SMILES string of the molecule is Cc1ccc(N(C)C(=O)C(C)(C)C#N)o1. The van der Waals surface area contributed by atoms with Crippen molar-refractivity contribution in [2.75, 3.05) is 11.9 Å². The van der Waals surface area contributed by atoms with E-state index in [0.717, 1.165) is 5.76 Å². The van der Waals surface area contributed by atoms with Crippen LogP contribution in [0.2, 0.25) is 0 Å². The molecule has 1 amide bonds. The topological polar surface area (TPSA) is 57.2 Å². The molecule has 0 atom stereocenters. The van der Waals surface area contributed by atoms with Gasteiger partial charge < -0.3 is 4.42 Å². The number of nitrogens with zero attached hydrogens (tertiary/aromatic N) is 2. The number of furan rings is 1. The molecule has 0 aromatic carbocycles. The molecule has 0 aliphatic heterocycles. The van der Waals surface area contributed by atoms with Gasteiger partial charge in [0.05, 0.1) is 6.07 Å². The summed E-state index contributed by atoms with van der Waals surface area (Å²) >= 11 is 0. The molecule has 1 rings (SSSR count).